The molecule has 0 saturated carbocycles. The molecule has 1 unspecified atom stereocenters. The summed E-state index contributed by atoms with van der Waals surface area (Å²) in [5, 5.41) is 2.94. The van der Waals surface area contributed by atoms with Gasteiger partial charge in [0.05, 0.1) is 6.04 Å². The minimum Gasteiger partial charge on any atom is -0.486 e. The van der Waals surface area contributed by atoms with E-state index in [2.05, 4.69) is 21.2 Å². The van der Waals surface area contributed by atoms with Crippen molar-refractivity contribution >= 4 is 21.8 Å². The molecule has 1 N–H and O–H groups in total. The number of aryl methyl sites for hydroxylation is 2. The van der Waals surface area contributed by atoms with Crippen LogP contribution < -0.4 is 19.5 Å². The number of fused-ring (bicyclic) bond motifs is 1. The molecule has 138 valence electrons. The number of rotatable bonds is 5. The molecule has 1 heterocycles. The maximum absolute atomic E-state index is 12.2. The van der Waals surface area contributed by atoms with Crippen molar-refractivity contribution in [3.63, 3.8) is 0 Å². The molecular weight excluding hydrogens is 398 g/mol. The summed E-state index contributed by atoms with van der Waals surface area (Å²) in [7, 11) is 0. The number of nitrogens with one attached hydrogen (secondary N) is 1. The molecule has 0 fully saturated rings. The van der Waals surface area contributed by atoms with E-state index in [9.17, 15) is 4.79 Å². The van der Waals surface area contributed by atoms with Gasteiger partial charge in [0, 0.05) is 4.47 Å². The number of hydrogen-bond donors (Lipinski definition) is 1. The van der Waals surface area contributed by atoms with E-state index in [4.69, 9.17) is 14.2 Å². The van der Waals surface area contributed by atoms with Crippen molar-refractivity contribution in [1.29, 1.82) is 0 Å². The predicted molar refractivity (Wildman–Crippen MR) is 103 cm³/mol. The molecule has 1 atom stereocenters. The topological polar surface area (TPSA) is 56.8 Å². The number of amides is 1. The van der Waals surface area contributed by atoms with Gasteiger partial charge in [-0.05, 0) is 61.7 Å². The normalized spacial score (nSPS) is 13.8. The van der Waals surface area contributed by atoms with Crippen LogP contribution in [0.3, 0.4) is 0 Å². The fourth-order valence-corrected chi connectivity index (χ4v) is 3.06. The van der Waals surface area contributed by atoms with E-state index in [-0.39, 0.29) is 18.6 Å². The van der Waals surface area contributed by atoms with Crippen LogP contribution in [0.15, 0.2) is 34.8 Å². The van der Waals surface area contributed by atoms with Gasteiger partial charge < -0.3 is 19.5 Å². The Bertz CT molecular complexity index is 798. The van der Waals surface area contributed by atoms with Gasteiger partial charge in [-0.1, -0.05) is 22.0 Å². The minimum atomic E-state index is -0.175. The van der Waals surface area contributed by atoms with Crippen LogP contribution in [0.4, 0.5) is 0 Å². The summed E-state index contributed by atoms with van der Waals surface area (Å²) >= 11 is 3.52. The third-order valence-electron chi connectivity index (χ3n) is 4.22. The number of benzene rings is 2. The lowest BCUT2D eigenvalue weighted by atomic mass is 10.1. The van der Waals surface area contributed by atoms with E-state index in [1.807, 2.05) is 51.1 Å². The molecule has 0 saturated heterocycles. The smallest absolute Gasteiger partial charge is 0.258 e. The second-order valence-corrected chi connectivity index (χ2v) is 7.15. The van der Waals surface area contributed by atoms with Crippen molar-refractivity contribution in [2.45, 2.75) is 26.8 Å². The Morgan fingerprint density at radius 2 is 1.81 bits per heavy atom. The fourth-order valence-electron chi connectivity index (χ4n) is 2.83. The third kappa shape index (κ3) is 4.30. The molecule has 6 heteroatoms. The van der Waals surface area contributed by atoms with Crippen molar-refractivity contribution in [2.24, 2.45) is 0 Å². The average Bonchev–Trinajstić information content (AvgIpc) is 2.63. The molecule has 0 radical (unpaired) electrons. The lowest BCUT2D eigenvalue weighted by molar-refractivity contribution is -0.123. The standard InChI is InChI=1S/C20H22BrNO4/c1-12-8-16(9-13(2)20(12)21)26-11-19(23)22-14(3)15-4-5-17-18(10-15)25-7-6-24-17/h4-5,8-10,14H,6-7,11H2,1-3H3,(H,22,23). The lowest BCUT2D eigenvalue weighted by Gasteiger charge is -2.21. The summed E-state index contributed by atoms with van der Waals surface area (Å²) in [4.78, 5) is 12.2. The second-order valence-electron chi connectivity index (χ2n) is 6.35. The SMILES string of the molecule is Cc1cc(OCC(=O)NC(C)c2ccc3c(c2)OCCO3)cc(C)c1Br. The summed E-state index contributed by atoms with van der Waals surface area (Å²) < 4.78 is 17.8. The Morgan fingerprint density at radius 3 is 2.50 bits per heavy atom. The highest BCUT2D eigenvalue weighted by atomic mass is 79.9. The van der Waals surface area contributed by atoms with Crippen LogP contribution in [0.5, 0.6) is 17.2 Å². The van der Waals surface area contributed by atoms with Crippen LogP contribution in [-0.2, 0) is 4.79 Å². The largest absolute Gasteiger partial charge is 0.486 e. The molecule has 26 heavy (non-hydrogen) atoms. The first-order chi connectivity index (χ1) is 12.4. The van der Waals surface area contributed by atoms with Crippen LogP contribution in [0.2, 0.25) is 0 Å². The first-order valence-corrected chi connectivity index (χ1v) is 9.32. The van der Waals surface area contributed by atoms with Gasteiger partial charge in [0.15, 0.2) is 18.1 Å². The van der Waals surface area contributed by atoms with E-state index >= 15 is 0 Å². The van der Waals surface area contributed by atoms with Crippen molar-refractivity contribution in [2.75, 3.05) is 19.8 Å². The van der Waals surface area contributed by atoms with E-state index in [0.717, 1.165) is 26.9 Å². The summed E-state index contributed by atoms with van der Waals surface area (Å²) in [6.07, 6.45) is 0. The maximum atomic E-state index is 12.2. The van der Waals surface area contributed by atoms with Crippen LogP contribution in [0, 0.1) is 13.8 Å². The quantitative estimate of drug-likeness (QED) is 0.792. The zero-order valence-electron chi connectivity index (χ0n) is 15.1. The number of carbonyl (C=O) groups excluding carboxylic acids is 1. The van der Waals surface area contributed by atoms with Gasteiger partial charge in [0.2, 0.25) is 0 Å². The van der Waals surface area contributed by atoms with Crippen molar-refractivity contribution in [3.8, 4) is 17.2 Å². The fraction of sp³-hybridized carbons (Fsp3) is 0.350. The molecule has 0 aliphatic carbocycles. The van der Waals surface area contributed by atoms with E-state index in [0.29, 0.717) is 24.7 Å². The van der Waals surface area contributed by atoms with Gasteiger partial charge in [-0.25, -0.2) is 0 Å². The monoisotopic (exact) mass is 419 g/mol. The molecule has 1 amide bonds. The van der Waals surface area contributed by atoms with E-state index in [1.165, 1.54) is 0 Å². The van der Waals surface area contributed by atoms with Crippen molar-refractivity contribution in [1.82, 2.24) is 5.32 Å². The molecule has 2 aromatic carbocycles. The Labute approximate surface area is 161 Å². The van der Waals surface area contributed by atoms with Crippen molar-refractivity contribution in [3.05, 3.63) is 51.5 Å². The number of ether oxygens (including phenoxy) is 3. The Hall–Kier alpha value is -2.21. The van der Waals surface area contributed by atoms with E-state index in [1.54, 1.807) is 0 Å². The van der Waals surface area contributed by atoms with Gasteiger partial charge in [-0.15, -0.1) is 0 Å². The summed E-state index contributed by atoms with van der Waals surface area (Å²) in [5.74, 6) is 1.96. The highest BCUT2D eigenvalue weighted by molar-refractivity contribution is 9.10. The van der Waals surface area contributed by atoms with E-state index < -0.39 is 0 Å². The molecule has 0 bridgehead atoms. The number of carbonyl (C=O) groups is 1. The summed E-state index contributed by atoms with van der Waals surface area (Å²) in [6.45, 7) is 6.98. The minimum absolute atomic E-state index is 0.0323. The average molecular weight is 420 g/mol. The second kappa shape index (κ2) is 7.99. The van der Waals surface area contributed by atoms with Crippen LogP contribution in [-0.4, -0.2) is 25.7 Å². The number of hydrogen-bond acceptors (Lipinski definition) is 4. The van der Waals surface area contributed by atoms with Gasteiger partial charge in [-0.3, -0.25) is 4.79 Å². The van der Waals surface area contributed by atoms with Gasteiger partial charge in [0.25, 0.3) is 5.91 Å². The Balaban J connectivity index is 1.58. The first-order valence-electron chi connectivity index (χ1n) is 8.52. The summed E-state index contributed by atoms with van der Waals surface area (Å²) in [5.41, 5.74) is 3.10. The highest BCUT2D eigenvalue weighted by Crippen LogP contribution is 2.32. The van der Waals surface area contributed by atoms with Gasteiger partial charge in [0.1, 0.15) is 19.0 Å². The third-order valence-corrected chi connectivity index (χ3v) is 5.47. The van der Waals surface area contributed by atoms with Gasteiger partial charge >= 0.3 is 0 Å². The molecule has 2 aromatic rings. The maximum Gasteiger partial charge on any atom is 0.258 e. The van der Waals surface area contributed by atoms with Crippen LogP contribution in [0.1, 0.15) is 29.7 Å². The van der Waals surface area contributed by atoms with Crippen LogP contribution in [0.25, 0.3) is 0 Å². The molecule has 5 nitrogen and oxygen atoms in total. The zero-order chi connectivity index (χ0) is 18.7. The molecule has 0 spiro atoms. The van der Waals surface area contributed by atoms with Gasteiger partial charge in [-0.2, -0.15) is 0 Å². The molecule has 1 aliphatic heterocycles. The van der Waals surface area contributed by atoms with Crippen molar-refractivity contribution < 1.29 is 19.0 Å². The zero-order valence-corrected chi connectivity index (χ0v) is 16.7. The Kier molecular flexibility index (Phi) is 5.71. The predicted octanol–water partition coefficient (Wildman–Crippen LogP) is 4.09. The Morgan fingerprint density at radius 1 is 1.15 bits per heavy atom. The highest BCUT2D eigenvalue weighted by Gasteiger charge is 2.16. The molecular formula is C20H22BrNO4. The first kappa shape index (κ1) is 18.6. The molecule has 1 aliphatic rings. The van der Waals surface area contributed by atoms with Crippen LogP contribution >= 0.6 is 15.9 Å². The summed E-state index contributed by atoms with van der Waals surface area (Å²) in [6, 6.07) is 9.37. The number of halogens is 1. The molecule has 0 aromatic heterocycles. The lowest BCUT2D eigenvalue weighted by Crippen LogP contribution is -2.31. The molecule has 3 rings (SSSR count).